The molecule has 0 saturated heterocycles. The molecule has 0 aromatic heterocycles. The molecule has 0 saturated carbocycles. The van der Waals surface area contributed by atoms with Gasteiger partial charge in [0, 0.05) is 12.2 Å². The first-order valence-electron chi connectivity index (χ1n) is 6.57. The molecule has 2 rings (SSSR count). The van der Waals surface area contributed by atoms with Crippen LogP contribution in [0.5, 0.6) is 5.75 Å². The van der Waals surface area contributed by atoms with Crippen molar-refractivity contribution in [2.24, 2.45) is 0 Å². The molecule has 110 valence electrons. The number of rotatable bonds is 5. The average Bonchev–Trinajstić information content (AvgIpc) is 2.52. The van der Waals surface area contributed by atoms with E-state index >= 15 is 0 Å². The number of ether oxygens (including phenoxy) is 1. The molecular formula is C16H18N2O3. The monoisotopic (exact) mass is 286 g/mol. The molecule has 0 heterocycles. The summed E-state index contributed by atoms with van der Waals surface area (Å²) in [5.41, 5.74) is 7.17. The highest BCUT2D eigenvalue weighted by Crippen LogP contribution is 2.24. The maximum Gasteiger partial charge on any atom is 0.257 e. The van der Waals surface area contributed by atoms with Gasteiger partial charge < -0.3 is 20.9 Å². The van der Waals surface area contributed by atoms with Crippen molar-refractivity contribution < 1.29 is 14.6 Å². The van der Waals surface area contributed by atoms with Crippen molar-refractivity contribution in [2.75, 3.05) is 19.4 Å². The third-order valence-electron chi connectivity index (χ3n) is 3.15. The van der Waals surface area contributed by atoms with Crippen LogP contribution < -0.4 is 15.8 Å². The van der Waals surface area contributed by atoms with Crippen LogP contribution in [-0.2, 0) is 0 Å². The summed E-state index contributed by atoms with van der Waals surface area (Å²) in [6.45, 7) is 0.0976. The van der Waals surface area contributed by atoms with Gasteiger partial charge in [0.1, 0.15) is 11.3 Å². The summed E-state index contributed by atoms with van der Waals surface area (Å²) in [6, 6.07) is 14.1. The van der Waals surface area contributed by atoms with Crippen LogP contribution in [0.1, 0.15) is 22.0 Å². The van der Waals surface area contributed by atoms with Gasteiger partial charge in [-0.1, -0.05) is 36.4 Å². The summed E-state index contributed by atoms with van der Waals surface area (Å²) in [6.07, 6.45) is -0.772. The minimum atomic E-state index is -0.772. The SMILES string of the molecule is COc1cccc(N)c1C(=O)NCC(O)c1ccccc1. The third-order valence-corrected chi connectivity index (χ3v) is 3.15. The Hall–Kier alpha value is -2.53. The van der Waals surface area contributed by atoms with Crippen LogP contribution in [0.15, 0.2) is 48.5 Å². The number of hydrogen-bond donors (Lipinski definition) is 3. The van der Waals surface area contributed by atoms with E-state index in [2.05, 4.69) is 5.32 Å². The summed E-state index contributed by atoms with van der Waals surface area (Å²) < 4.78 is 5.14. The molecule has 1 atom stereocenters. The van der Waals surface area contributed by atoms with Gasteiger partial charge in [-0.15, -0.1) is 0 Å². The summed E-state index contributed by atoms with van der Waals surface area (Å²) in [5, 5.41) is 12.7. The molecular weight excluding hydrogens is 268 g/mol. The van der Waals surface area contributed by atoms with Crippen LogP contribution in [0, 0.1) is 0 Å². The molecule has 0 aliphatic heterocycles. The fourth-order valence-corrected chi connectivity index (χ4v) is 2.03. The molecule has 0 radical (unpaired) electrons. The second-order valence-corrected chi connectivity index (χ2v) is 4.56. The summed E-state index contributed by atoms with van der Waals surface area (Å²) >= 11 is 0. The van der Waals surface area contributed by atoms with Gasteiger partial charge in [0.25, 0.3) is 5.91 Å². The van der Waals surface area contributed by atoms with E-state index in [1.807, 2.05) is 18.2 Å². The number of carbonyl (C=O) groups is 1. The van der Waals surface area contributed by atoms with E-state index in [-0.39, 0.29) is 18.0 Å². The maximum atomic E-state index is 12.2. The minimum absolute atomic E-state index is 0.0976. The largest absolute Gasteiger partial charge is 0.496 e. The highest BCUT2D eigenvalue weighted by molar-refractivity contribution is 6.01. The number of nitrogens with one attached hydrogen (secondary N) is 1. The van der Waals surface area contributed by atoms with Crippen molar-refractivity contribution in [3.63, 3.8) is 0 Å². The molecule has 5 nitrogen and oxygen atoms in total. The van der Waals surface area contributed by atoms with Gasteiger partial charge in [-0.25, -0.2) is 0 Å². The number of amides is 1. The van der Waals surface area contributed by atoms with Crippen LogP contribution in [0.3, 0.4) is 0 Å². The average molecular weight is 286 g/mol. The molecule has 21 heavy (non-hydrogen) atoms. The van der Waals surface area contributed by atoms with Gasteiger partial charge in [0.15, 0.2) is 0 Å². The van der Waals surface area contributed by atoms with E-state index in [0.29, 0.717) is 11.4 Å². The van der Waals surface area contributed by atoms with E-state index in [1.165, 1.54) is 7.11 Å². The minimum Gasteiger partial charge on any atom is -0.496 e. The van der Waals surface area contributed by atoms with E-state index in [9.17, 15) is 9.90 Å². The quantitative estimate of drug-likeness (QED) is 0.731. The second kappa shape index (κ2) is 6.76. The Labute approximate surface area is 123 Å². The van der Waals surface area contributed by atoms with Crippen LogP contribution >= 0.6 is 0 Å². The molecule has 0 aliphatic carbocycles. The lowest BCUT2D eigenvalue weighted by atomic mass is 10.1. The zero-order valence-corrected chi connectivity index (χ0v) is 11.7. The molecule has 2 aromatic carbocycles. The predicted molar refractivity (Wildman–Crippen MR) is 81.1 cm³/mol. The van der Waals surface area contributed by atoms with Crippen molar-refractivity contribution in [3.05, 3.63) is 59.7 Å². The molecule has 0 aliphatic rings. The zero-order valence-electron chi connectivity index (χ0n) is 11.7. The Kier molecular flexibility index (Phi) is 4.79. The standard InChI is InChI=1S/C16H18N2O3/c1-21-14-9-5-8-12(17)15(14)16(20)18-10-13(19)11-6-3-2-4-7-11/h2-9,13,19H,10,17H2,1H3,(H,18,20). The third kappa shape index (κ3) is 3.52. The number of methoxy groups -OCH3 is 1. The molecule has 0 fully saturated rings. The predicted octanol–water partition coefficient (Wildman–Crippen LogP) is 1.74. The highest BCUT2D eigenvalue weighted by atomic mass is 16.5. The summed E-state index contributed by atoms with van der Waals surface area (Å²) in [5.74, 6) is 0.0293. The van der Waals surface area contributed by atoms with Crippen molar-refractivity contribution >= 4 is 11.6 Å². The molecule has 1 unspecified atom stereocenters. The first-order chi connectivity index (χ1) is 10.1. The van der Waals surface area contributed by atoms with Gasteiger partial charge in [-0.3, -0.25) is 4.79 Å². The highest BCUT2D eigenvalue weighted by Gasteiger charge is 2.17. The number of aliphatic hydroxyl groups excluding tert-OH is 1. The Balaban J connectivity index is 2.06. The van der Waals surface area contributed by atoms with Crippen molar-refractivity contribution in [1.82, 2.24) is 5.32 Å². The number of anilines is 1. The molecule has 2 aromatic rings. The topological polar surface area (TPSA) is 84.6 Å². The van der Waals surface area contributed by atoms with Crippen molar-refractivity contribution in [1.29, 1.82) is 0 Å². The number of nitrogen functional groups attached to an aromatic ring is 1. The Morgan fingerprint density at radius 2 is 1.95 bits per heavy atom. The number of nitrogens with two attached hydrogens (primary N) is 1. The lowest BCUT2D eigenvalue weighted by Gasteiger charge is -2.14. The Morgan fingerprint density at radius 3 is 2.62 bits per heavy atom. The van der Waals surface area contributed by atoms with Gasteiger partial charge >= 0.3 is 0 Å². The summed E-state index contributed by atoms with van der Waals surface area (Å²) in [7, 11) is 1.48. The lowest BCUT2D eigenvalue weighted by Crippen LogP contribution is -2.29. The Bertz CT molecular complexity index is 614. The van der Waals surface area contributed by atoms with E-state index in [4.69, 9.17) is 10.5 Å². The van der Waals surface area contributed by atoms with Gasteiger partial charge in [-0.2, -0.15) is 0 Å². The fourth-order valence-electron chi connectivity index (χ4n) is 2.03. The maximum absolute atomic E-state index is 12.2. The van der Waals surface area contributed by atoms with E-state index in [1.54, 1.807) is 30.3 Å². The van der Waals surface area contributed by atoms with E-state index in [0.717, 1.165) is 5.56 Å². The smallest absolute Gasteiger partial charge is 0.257 e. The van der Waals surface area contributed by atoms with Crippen LogP contribution in [0.25, 0.3) is 0 Å². The van der Waals surface area contributed by atoms with Crippen LogP contribution in [-0.4, -0.2) is 24.7 Å². The number of benzene rings is 2. The fraction of sp³-hybridized carbons (Fsp3) is 0.188. The van der Waals surface area contributed by atoms with Crippen LogP contribution in [0.4, 0.5) is 5.69 Å². The first kappa shape index (κ1) is 14.9. The first-order valence-corrected chi connectivity index (χ1v) is 6.57. The number of hydrogen-bond acceptors (Lipinski definition) is 4. The second-order valence-electron chi connectivity index (χ2n) is 4.56. The van der Waals surface area contributed by atoms with Crippen LogP contribution in [0.2, 0.25) is 0 Å². The normalized spacial score (nSPS) is 11.7. The molecule has 0 spiro atoms. The molecule has 0 bridgehead atoms. The van der Waals surface area contributed by atoms with Gasteiger partial charge in [-0.05, 0) is 17.7 Å². The number of carbonyl (C=O) groups excluding carboxylic acids is 1. The Morgan fingerprint density at radius 1 is 1.24 bits per heavy atom. The molecule has 1 amide bonds. The lowest BCUT2D eigenvalue weighted by molar-refractivity contribution is 0.0914. The summed E-state index contributed by atoms with van der Waals surface area (Å²) in [4.78, 5) is 12.2. The zero-order chi connectivity index (χ0) is 15.2. The van der Waals surface area contributed by atoms with Crippen molar-refractivity contribution in [2.45, 2.75) is 6.10 Å². The van der Waals surface area contributed by atoms with Gasteiger partial charge in [0.2, 0.25) is 0 Å². The number of aliphatic hydroxyl groups is 1. The van der Waals surface area contributed by atoms with Gasteiger partial charge in [0.05, 0.1) is 13.2 Å². The van der Waals surface area contributed by atoms with E-state index < -0.39 is 6.10 Å². The molecule has 4 N–H and O–H groups in total. The molecule has 5 heteroatoms. The van der Waals surface area contributed by atoms with Crippen molar-refractivity contribution in [3.8, 4) is 5.75 Å².